The molecule has 0 saturated carbocycles. The molecule has 2 aromatic heterocycles. The number of nitrogens with two attached hydrogens (primary N) is 1. The van der Waals surface area contributed by atoms with E-state index in [0.29, 0.717) is 28.2 Å². The second-order valence-electron chi connectivity index (χ2n) is 6.10. The average molecular weight is 386 g/mol. The Morgan fingerprint density at radius 3 is 2.25 bits per heavy atom. The van der Waals surface area contributed by atoms with Crippen LogP contribution in [0.15, 0.2) is 79.0 Å². The van der Waals surface area contributed by atoms with Gasteiger partial charge in [0.1, 0.15) is 22.2 Å². The van der Waals surface area contributed by atoms with Gasteiger partial charge >= 0.3 is 0 Å². The van der Waals surface area contributed by atoms with Crippen LogP contribution in [0.3, 0.4) is 0 Å². The van der Waals surface area contributed by atoms with Gasteiger partial charge in [0.25, 0.3) is 0 Å². The minimum Gasteiger partial charge on any atom is -0.388 e. The Morgan fingerprint density at radius 1 is 0.821 bits per heavy atom. The first-order valence-corrected chi connectivity index (χ1v) is 8.99. The third-order valence-electron chi connectivity index (χ3n) is 4.29. The Bertz CT molecular complexity index is 1150. The molecule has 0 aliphatic rings. The molecule has 0 bridgehead atoms. The van der Waals surface area contributed by atoms with Crippen molar-refractivity contribution < 1.29 is 4.39 Å². The van der Waals surface area contributed by atoms with Crippen LogP contribution in [-0.4, -0.2) is 20.2 Å². The highest BCUT2D eigenvalue weighted by Crippen LogP contribution is 2.39. The van der Waals surface area contributed by atoms with E-state index in [-0.39, 0.29) is 10.8 Å². The Labute approximate surface area is 166 Å². The summed E-state index contributed by atoms with van der Waals surface area (Å²) in [6.45, 7) is 0. The molecule has 6 heteroatoms. The maximum absolute atomic E-state index is 13.9. The number of aromatic nitrogens is 3. The maximum Gasteiger partial charge on any atom is 0.130 e. The monoisotopic (exact) mass is 386 g/mol. The zero-order chi connectivity index (χ0) is 19.5. The Balaban J connectivity index is 2.13. The molecule has 0 aliphatic heterocycles. The zero-order valence-corrected chi connectivity index (χ0v) is 15.5. The van der Waals surface area contributed by atoms with Gasteiger partial charge in [-0.3, -0.25) is 4.98 Å². The quantitative estimate of drug-likeness (QED) is 0.518. The van der Waals surface area contributed by atoms with Gasteiger partial charge in [-0.2, -0.15) is 0 Å². The van der Waals surface area contributed by atoms with Gasteiger partial charge in [0.15, 0.2) is 0 Å². The van der Waals surface area contributed by atoms with Gasteiger partial charge in [-0.25, -0.2) is 4.39 Å². The van der Waals surface area contributed by atoms with Crippen LogP contribution in [0.25, 0.3) is 33.6 Å². The van der Waals surface area contributed by atoms with E-state index in [9.17, 15) is 4.39 Å². The fraction of sp³-hybridized carbons (Fsp3) is 0. The fourth-order valence-corrected chi connectivity index (χ4v) is 3.24. The summed E-state index contributed by atoms with van der Waals surface area (Å²) < 4.78 is 13.9. The first-order valence-electron chi connectivity index (χ1n) is 8.58. The third kappa shape index (κ3) is 3.37. The van der Waals surface area contributed by atoms with E-state index in [1.54, 1.807) is 18.3 Å². The molecule has 4 rings (SSSR count). The van der Waals surface area contributed by atoms with Crippen LogP contribution in [0.2, 0.25) is 0 Å². The van der Waals surface area contributed by atoms with Gasteiger partial charge in [-0.15, -0.1) is 10.2 Å². The molecular weight excluding hydrogens is 371 g/mol. The van der Waals surface area contributed by atoms with E-state index in [0.717, 1.165) is 11.1 Å². The second kappa shape index (κ2) is 7.62. The lowest BCUT2D eigenvalue weighted by Crippen LogP contribution is -2.16. The topological polar surface area (TPSA) is 64.7 Å². The molecule has 0 amide bonds. The van der Waals surface area contributed by atoms with Crippen LogP contribution < -0.4 is 5.73 Å². The highest BCUT2D eigenvalue weighted by atomic mass is 32.1. The van der Waals surface area contributed by atoms with E-state index < -0.39 is 0 Å². The molecule has 2 aromatic carbocycles. The minimum atomic E-state index is -0.351. The van der Waals surface area contributed by atoms with E-state index in [1.807, 2.05) is 48.5 Å². The summed E-state index contributed by atoms with van der Waals surface area (Å²) in [5.41, 5.74) is 10.5. The number of benzene rings is 2. The van der Waals surface area contributed by atoms with Crippen molar-refractivity contribution in [2.45, 2.75) is 0 Å². The number of hydrogen-bond acceptors (Lipinski definition) is 4. The molecule has 28 heavy (non-hydrogen) atoms. The number of pyridine rings is 1. The highest BCUT2D eigenvalue weighted by molar-refractivity contribution is 7.80. The molecule has 0 unspecified atom stereocenters. The third-order valence-corrected chi connectivity index (χ3v) is 4.48. The van der Waals surface area contributed by atoms with Gasteiger partial charge in [0.05, 0.1) is 5.69 Å². The van der Waals surface area contributed by atoms with Gasteiger partial charge in [-0.1, -0.05) is 60.7 Å². The molecule has 0 fully saturated rings. The van der Waals surface area contributed by atoms with Gasteiger partial charge in [0, 0.05) is 22.9 Å². The lowest BCUT2D eigenvalue weighted by Gasteiger charge is -2.17. The van der Waals surface area contributed by atoms with Crippen LogP contribution in [0, 0.1) is 5.82 Å². The van der Waals surface area contributed by atoms with Crippen LogP contribution >= 0.6 is 12.2 Å². The van der Waals surface area contributed by atoms with Crippen molar-refractivity contribution in [3.63, 3.8) is 0 Å². The Hall–Kier alpha value is -3.51. The predicted octanol–water partition coefficient (Wildman–Crippen LogP) is 4.65. The average Bonchev–Trinajstić information content (AvgIpc) is 2.74. The predicted molar refractivity (Wildman–Crippen MR) is 112 cm³/mol. The standard InChI is InChI=1S/C22H15FN4S/c23-16-10-6-9-15(13-16)20-18(14-7-2-1-3-8-14)19(17-11-4-5-12-25-17)21(22(24)28)27-26-20/h1-13H,(H2,24,28). The number of halogens is 1. The van der Waals surface area contributed by atoms with Crippen molar-refractivity contribution in [3.8, 4) is 33.6 Å². The molecule has 0 saturated heterocycles. The number of thiocarbonyl (C=S) groups is 1. The van der Waals surface area contributed by atoms with Crippen LogP contribution in [0.1, 0.15) is 5.69 Å². The van der Waals surface area contributed by atoms with Gasteiger partial charge < -0.3 is 5.73 Å². The lowest BCUT2D eigenvalue weighted by atomic mass is 9.92. The van der Waals surface area contributed by atoms with Crippen molar-refractivity contribution in [1.82, 2.24) is 15.2 Å². The summed E-state index contributed by atoms with van der Waals surface area (Å²) in [7, 11) is 0. The van der Waals surface area contributed by atoms with Crippen molar-refractivity contribution in [2.75, 3.05) is 0 Å². The molecule has 4 nitrogen and oxygen atoms in total. The van der Waals surface area contributed by atoms with Crippen molar-refractivity contribution >= 4 is 17.2 Å². The summed E-state index contributed by atoms with van der Waals surface area (Å²) in [6, 6.07) is 21.5. The van der Waals surface area contributed by atoms with E-state index in [4.69, 9.17) is 18.0 Å². The van der Waals surface area contributed by atoms with Crippen molar-refractivity contribution in [2.24, 2.45) is 5.73 Å². The van der Waals surface area contributed by atoms with Crippen LogP contribution in [0.5, 0.6) is 0 Å². The first kappa shape index (κ1) is 17.9. The number of hydrogen-bond donors (Lipinski definition) is 1. The largest absolute Gasteiger partial charge is 0.388 e. The molecule has 2 N–H and O–H groups in total. The normalized spacial score (nSPS) is 10.6. The molecule has 2 heterocycles. The number of rotatable bonds is 4. The zero-order valence-electron chi connectivity index (χ0n) is 14.7. The van der Waals surface area contributed by atoms with Gasteiger partial charge in [0.2, 0.25) is 0 Å². The first-order chi connectivity index (χ1) is 13.6. The molecule has 0 aliphatic carbocycles. The Kier molecular flexibility index (Phi) is 4.87. The van der Waals surface area contributed by atoms with Gasteiger partial charge in [-0.05, 0) is 29.8 Å². The summed E-state index contributed by atoms with van der Waals surface area (Å²) in [5, 5.41) is 8.63. The van der Waals surface area contributed by atoms with Crippen molar-refractivity contribution in [3.05, 3.63) is 90.5 Å². The van der Waals surface area contributed by atoms with E-state index >= 15 is 0 Å². The maximum atomic E-state index is 13.9. The van der Waals surface area contributed by atoms with Crippen LogP contribution in [0.4, 0.5) is 4.39 Å². The molecule has 136 valence electrons. The summed E-state index contributed by atoms with van der Waals surface area (Å²) >= 11 is 5.23. The van der Waals surface area contributed by atoms with E-state index in [2.05, 4.69) is 15.2 Å². The van der Waals surface area contributed by atoms with Crippen molar-refractivity contribution in [1.29, 1.82) is 0 Å². The minimum absolute atomic E-state index is 0.121. The lowest BCUT2D eigenvalue weighted by molar-refractivity contribution is 0.628. The summed E-state index contributed by atoms with van der Waals surface area (Å²) in [6.07, 6.45) is 1.69. The highest BCUT2D eigenvalue weighted by Gasteiger charge is 2.22. The molecule has 4 aromatic rings. The van der Waals surface area contributed by atoms with Crippen LogP contribution in [-0.2, 0) is 0 Å². The Morgan fingerprint density at radius 2 is 1.57 bits per heavy atom. The van der Waals surface area contributed by atoms with E-state index in [1.165, 1.54) is 12.1 Å². The number of nitrogens with zero attached hydrogens (tertiary/aromatic N) is 3. The SMILES string of the molecule is NC(=S)c1nnc(-c2cccc(F)c2)c(-c2ccccc2)c1-c1ccccn1. The summed E-state index contributed by atoms with van der Waals surface area (Å²) in [4.78, 5) is 4.59. The molecule has 0 radical (unpaired) electrons. The molecule has 0 spiro atoms. The molecule has 0 atom stereocenters. The smallest absolute Gasteiger partial charge is 0.130 e. The molecular formula is C22H15FN4S. The summed E-state index contributed by atoms with van der Waals surface area (Å²) in [5.74, 6) is -0.351. The second-order valence-corrected chi connectivity index (χ2v) is 6.54. The fourth-order valence-electron chi connectivity index (χ4n) is 3.09.